The van der Waals surface area contributed by atoms with Gasteiger partial charge < -0.3 is 14.4 Å². The maximum Gasteiger partial charge on any atom is 0.338 e. The van der Waals surface area contributed by atoms with Crippen molar-refractivity contribution in [2.45, 2.75) is 19.9 Å². The molecule has 0 N–H and O–H groups in total. The summed E-state index contributed by atoms with van der Waals surface area (Å²) in [5.74, 6) is 0.259. The van der Waals surface area contributed by atoms with Crippen molar-refractivity contribution in [3.63, 3.8) is 0 Å². The minimum atomic E-state index is -0.631. The number of nitrogens with zero attached hydrogens (tertiary/aromatic N) is 3. The topological polar surface area (TPSA) is 73.1 Å². The van der Waals surface area contributed by atoms with Gasteiger partial charge in [0.25, 0.3) is 5.56 Å². The van der Waals surface area contributed by atoms with E-state index in [4.69, 9.17) is 9.47 Å². The van der Waals surface area contributed by atoms with E-state index in [1.807, 2.05) is 73.6 Å². The second-order valence-corrected chi connectivity index (χ2v) is 9.47. The molecule has 4 rings (SSSR count). The van der Waals surface area contributed by atoms with Crippen LogP contribution < -0.4 is 24.5 Å². The highest BCUT2D eigenvalue weighted by atomic mass is 32.1. The Bertz CT molecular complexity index is 1480. The number of aromatic nitrogens is 1. The molecule has 0 spiro atoms. The van der Waals surface area contributed by atoms with Gasteiger partial charge in [0.05, 0.1) is 28.5 Å². The fourth-order valence-corrected chi connectivity index (χ4v) is 5.08. The van der Waals surface area contributed by atoms with Crippen LogP contribution in [0.2, 0.25) is 0 Å². The first-order valence-electron chi connectivity index (χ1n) is 11.6. The van der Waals surface area contributed by atoms with E-state index >= 15 is 0 Å². The van der Waals surface area contributed by atoms with E-state index in [9.17, 15) is 9.59 Å². The fourth-order valence-electron chi connectivity index (χ4n) is 4.03. The molecular formula is C28H29N3O4S. The highest BCUT2D eigenvalue weighted by Gasteiger charge is 2.33. The second-order valence-electron chi connectivity index (χ2n) is 8.46. The number of fused-ring (bicyclic) bond motifs is 1. The van der Waals surface area contributed by atoms with Gasteiger partial charge in [-0.05, 0) is 55.3 Å². The molecule has 0 bridgehead atoms. The molecule has 1 atom stereocenters. The Morgan fingerprint density at radius 2 is 1.86 bits per heavy atom. The van der Waals surface area contributed by atoms with E-state index in [0.29, 0.717) is 27.2 Å². The van der Waals surface area contributed by atoms with Gasteiger partial charge in [0, 0.05) is 19.8 Å². The number of ether oxygens (including phenoxy) is 2. The van der Waals surface area contributed by atoms with Crippen molar-refractivity contribution in [1.29, 1.82) is 0 Å². The van der Waals surface area contributed by atoms with Crippen LogP contribution in [0.15, 0.2) is 82.2 Å². The first-order valence-corrected chi connectivity index (χ1v) is 12.5. The minimum absolute atomic E-state index is 0.207. The molecule has 1 aromatic heterocycles. The van der Waals surface area contributed by atoms with Gasteiger partial charge in [-0.3, -0.25) is 9.36 Å². The number of anilines is 1. The molecule has 2 heterocycles. The molecule has 186 valence electrons. The molecule has 0 radical (unpaired) electrons. The average molecular weight is 504 g/mol. The van der Waals surface area contributed by atoms with E-state index in [0.717, 1.165) is 22.6 Å². The summed E-state index contributed by atoms with van der Waals surface area (Å²) in [5.41, 5.74) is 3.41. The van der Waals surface area contributed by atoms with Gasteiger partial charge in [-0.2, -0.15) is 0 Å². The molecule has 0 fully saturated rings. The zero-order chi connectivity index (χ0) is 25.8. The van der Waals surface area contributed by atoms with E-state index < -0.39 is 12.0 Å². The molecule has 7 nitrogen and oxygen atoms in total. The third-order valence-electron chi connectivity index (χ3n) is 5.79. The van der Waals surface area contributed by atoms with Crippen LogP contribution in [-0.2, 0) is 9.53 Å². The molecule has 0 aliphatic carbocycles. The Balaban J connectivity index is 1.84. The molecule has 0 amide bonds. The number of rotatable bonds is 8. The monoisotopic (exact) mass is 503 g/mol. The first kappa shape index (κ1) is 25.2. The van der Waals surface area contributed by atoms with Crippen LogP contribution in [0.1, 0.15) is 31.0 Å². The lowest BCUT2D eigenvalue weighted by atomic mass is 9.95. The number of esters is 1. The molecule has 1 aliphatic rings. The largest absolute Gasteiger partial charge is 0.490 e. The van der Waals surface area contributed by atoms with Gasteiger partial charge in [-0.1, -0.05) is 48.3 Å². The van der Waals surface area contributed by atoms with E-state index in [1.165, 1.54) is 11.3 Å². The molecule has 1 aliphatic heterocycles. The molecule has 0 saturated heterocycles. The fraction of sp³-hybridized carbons (Fsp3) is 0.250. The summed E-state index contributed by atoms with van der Waals surface area (Å²) in [6, 6.07) is 14.7. The van der Waals surface area contributed by atoms with Crippen molar-refractivity contribution in [3.8, 4) is 5.75 Å². The molecular weight excluding hydrogens is 474 g/mol. The number of carbonyl (C=O) groups is 1. The highest BCUT2D eigenvalue weighted by Crippen LogP contribution is 2.31. The second kappa shape index (κ2) is 10.8. The van der Waals surface area contributed by atoms with Crippen molar-refractivity contribution >= 4 is 29.1 Å². The summed E-state index contributed by atoms with van der Waals surface area (Å²) in [7, 11) is 3.93. The number of carbonyl (C=O) groups excluding carboxylic acids is 1. The van der Waals surface area contributed by atoms with Crippen LogP contribution >= 0.6 is 11.3 Å². The molecule has 0 unspecified atom stereocenters. The molecule has 3 aromatic rings. The molecule has 36 heavy (non-hydrogen) atoms. The van der Waals surface area contributed by atoms with Crippen molar-refractivity contribution in [2.24, 2.45) is 4.99 Å². The predicted octanol–water partition coefficient (Wildman–Crippen LogP) is 3.43. The van der Waals surface area contributed by atoms with Crippen LogP contribution in [0.5, 0.6) is 5.75 Å². The summed E-state index contributed by atoms with van der Waals surface area (Å²) < 4.78 is 13.0. The molecule has 2 aromatic carbocycles. The normalized spacial score (nSPS) is 15.2. The smallest absolute Gasteiger partial charge is 0.338 e. The van der Waals surface area contributed by atoms with E-state index in [-0.39, 0.29) is 12.2 Å². The predicted molar refractivity (Wildman–Crippen MR) is 143 cm³/mol. The highest BCUT2D eigenvalue weighted by molar-refractivity contribution is 7.07. The van der Waals surface area contributed by atoms with Gasteiger partial charge in [0.2, 0.25) is 0 Å². The van der Waals surface area contributed by atoms with Crippen LogP contribution in [0.25, 0.3) is 6.08 Å². The third kappa shape index (κ3) is 5.04. The lowest BCUT2D eigenvalue weighted by Crippen LogP contribution is -2.39. The first-order chi connectivity index (χ1) is 17.3. The maximum absolute atomic E-state index is 13.7. The van der Waals surface area contributed by atoms with Crippen molar-refractivity contribution in [3.05, 3.63) is 103 Å². The lowest BCUT2D eigenvalue weighted by Gasteiger charge is -2.25. The van der Waals surface area contributed by atoms with Crippen molar-refractivity contribution in [1.82, 2.24) is 4.57 Å². The Hall–Kier alpha value is -3.91. The summed E-state index contributed by atoms with van der Waals surface area (Å²) in [5, 5.41) is 0. The standard InChI is InChI=1S/C28H29N3O4S/c1-6-16-35-22-14-8-19(9-15-22)17-23-26(32)31-25(20-10-12-21(13-11-20)30(4)5)24(27(33)34-7-2)18(3)29-28(31)36-23/h6,8-15,17,25H,1,7,16H2,2-5H3/t25-/m0/s1. The van der Waals surface area contributed by atoms with Crippen molar-refractivity contribution < 1.29 is 14.3 Å². The summed E-state index contributed by atoms with van der Waals surface area (Å²) in [6.45, 7) is 7.86. The average Bonchev–Trinajstić information content (AvgIpc) is 3.17. The van der Waals surface area contributed by atoms with Gasteiger partial charge in [-0.15, -0.1) is 0 Å². The van der Waals surface area contributed by atoms with Gasteiger partial charge in [0.15, 0.2) is 4.80 Å². The van der Waals surface area contributed by atoms with Crippen LogP contribution in [-0.4, -0.2) is 37.8 Å². The number of hydrogen-bond donors (Lipinski definition) is 0. The van der Waals surface area contributed by atoms with Crippen LogP contribution in [0.4, 0.5) is 5.69 Å². The molecule has 8 heteroatoms. The van der Waals surface area contributed by atoms with Crippen LogP contribution in [0.3, 0.4) is 0 Å². The Kier molecular flexibility index (Phi) is 7.55. The van der Waals surface area contributed by atoms with Gasteiger partial charge in [0.1, 0.15) is 12.4 Å². The van der Waals surface area contributed by atoms with E-state index in [2.05, 4.69) is 11.6 Å². The Labute approximate surface area is 213 Å². The quantitative estimate of drug-likeness (QED) is 0.348. The Morgan fingerprint density at radius 3 is 2.47 bits per heavy atom. The lowest BCUT2D eigenvalue weighted by molar-refractivity contribution is -0.139. The van der Waals surface area contributed by atoms with Gasteiger partial charge in [-0.25, -0.2) is 9.79 Å². The Morgan fingerprint density at radius 1 is 1.17 bits per heavy atom. The van der Waals surface area contributed by atoms with Crippen LogP contribution in [0, 0.1) is 0 Å². The zero-order valence-corrected chi connectivity index (χ0v) is 21.7. The van der Waals surface area contributed by atoms with Crippen molar-refractivity contribution in [2.75, 3.05) is 32.2 Å². The number of benzene rings is 2. The number of allylic oxidation sites excluding steroid dienone is 1. The summed E-state index contributed by atoms with van der Waals surface area (Å²) in [4.78, 5) is 33.9. The number of thiazole rings is 1. The minimum Gasteiger partial charge on any atom is -0.490 e. The van der Waals surface area contributed by atoms with Gasteiger partial charge >= 0.3 is 5.97 Å². The summed E-state index contributed by atoms with van der Waals surface area (Å²) in [6.07, 6.45) is 3.52. The maximum atomic E-state index is 13.7. The third-order valence-corrected chi connectivity index (χ3v) is 6.77. The molecule has 0 saturated carbocycles. The number of hydrogen-bond acceptors (Lipinski definition) is 7. The zero-order valence-electron chi connectivity index (χ0n) is 20.9. The SMILES string of the molecule is C=CCOc1ccc(C=c2sc3n(c2=O)[C@@H](c2ccc(N(C)C)cc2)C(C(=O)OCC)=C(C)N=3)cc1. The summed E-state index contributed by atoms with van der Waals surface area (Å²) >= 11 is 1.30. The van der Waals surface area contributed by atoms with E-state index in [1.54, 1.807) is 24.5 Å².